The molecular weight excluding hydrogens is 472 g/mol. The molecule has 0 spiro atoms. The lowest BCUT2D eigenvalue weighted by atomic mass is 10.2. The van der Waals surface area contributed by atoms with E-state index in [0.717, 1.165) is 38.5 Å². The molecule has 0 amide bonds. The Kier molecular flexibility index (Phi) is 6.40. The van der Waals surface area contributed by atoms with E-state index in [1.54, 1.807) is 47.4 Å². The van der Waals surface area contributed by atoms with Crippen LogP contribution in [0.5, 0.6) is 5.75 Å². The summed E-state index contributed by atoms with van der Waals surface area (Å²) in [6.07, 6.45) is 2.91. The number of rotatable bonds is 8. The summed E-state index contributed by atoms with van der Waals surface area (Å²) in [5, 5.41) is 1.22. The molecule has 3 heterocycles. The topological polar surface area (TPSA) is 92.6 Å². The second kappa shape index (κ2) is 9.61. The number of fused-ring (bicyclic) bond motifs is 1. The lowest BCUT2D eigenvalue weighted by Crippen LogP contribution is -2.47. The molecule has 1 saturated heterocycles. The maximum Gasteiger partial charge on any atom is 0.280 e. The maximum absolute atomic E-state index is 12.4. The molecule has 0 atom stereocenters. The van der Waals surface area contributed by atoms with Crippen molar-refractivity contribution in [1.82, 2.24) is 18.8 Å². The Morgan fingerprint density at radius 3 is 2.56 bits per heavy atom. The van der Waals surface area contributed by atoms with Gasteiger partial charge < -0.3 is 14.2 Å². The third-order valence-electron chi connectivity index (χ3n) is 5.77. The highest BCUT2D eigenvalue weighted by molar-refractivity contribution is 7.92. The summed E-state index contributed by atoms with van der Waals surface area (Å²) in [6, 6.07) is 15.3. The number of piperazine rings is 1. The van der Waals surface area contributed by atoms with Crippen molar-refractivity contribution in [3.05, 3.63) is 61.1 Å². The molecule has 1 aliphatic rings. The Morgan fingerprint density at radius 2 is 1.82 bits per heavy atom. The number of imidazole rings is 1. The number of ether oxygens (including phenoxy) is 1. The standard InChI is InChI=1S/C23H26N6O3S2/c1-27-16-22(24-17-27)34(30,31)26-18-6-8-19(9-7-18)32-15-14-28-10-12-29(13-11-28)23-20-4-2-3-5-21(20)33-25-23/h2-9,16-17,26H,10-15H2,1H3. The maximum atomic E-state index is 12.4. The van der Waals surface area contributed by atoms with E-state index in [1.807, 2.05) is 0 Å². The first-order chi connectivity index (χ1) is 16.5. The van der Waals surface area contributed by atoms with Crippen molar-refractivity contribution in [3.63, 3.8) is 0 Å². The van der Waals surface area contributed by atoms with Crippen LogP contribution in [-0.4, -0.2) is 66.6 Å². The van der Waals surface area contributed by atoms with E-state index in [9.17, 15) is 8.42 Å². The van der Waals surface area contributed by atoms with Crippen LogP contribution < -0.4 is 14.4 Å². The molecule has 178 valence electrons. The summed E-state index contributed by atoms with van der Waals surface area (Å²) in [5.41, 5.74) is 0.462. The number of aromatic nitrogens is 3. The average molecular weight is 499 g/mol. The first kappa shape index (κ1) is 22.6. The highest BCUT2D eigenvalue weighted by atomic mass is 32.2. The minimum absolute atomic E-state index is 0.0154. The van der Waals surface area contributed by atoms with Gasteiger partial charge in [-0.05, 0) is 47.9 Å². The smallest absolute Gasteiger partial charge is 0.280 e. The average Bonchev–Trinajstić information content (AvgIpc) is 3.48. The molecule has 1 fully saturated rings. The van der Waals surface area contributed by atoms with Gasteiger partial charge in [-0.25, -0.2) is 4.98 Å². The van der Waals surface area contributed by atoms with Gasteiger partial charge in [0.05, 0.1) is 11.0 Å². The highest BCUT2D eigenvalue weighted by Gasteiger charge is 2.21. The third-order valence-corrected chi connectivity index (χ3v) is 7.85. The summed E-state index contributed by atoms with van der Waals surface area (Å²) in [4.78, 5) is 8.65. The number of hydrogen-bond donors (Lipinski definition) is 1. The van der Waals surface area contributed by atoms with Gasteiger partial charge in [0.25, 0.3) is 10.0 Å². The van der Waals surface area contributed by atoms with Gasteiger partial charge >= 0.3 is 0 Å². The molecule has 0 aliphatic carbocycles. The Balaban J connectivity index is 1.08. The Hall–Kier alpha value is -3.15. The number of nitrogens with one attached hydrogen (secondary N) is 1. The van der Waals surface area contributed by atoms with Crippen molar-refractivity contribution in [2.75, 3.05) is 49.0 Å². The van der Waals surface area contributed by atoms with Gasteiger partial charge in [0.2, 0.25) is 0 Å². The first-order valence-electron chi connectivity index (χ1n) is 11.0. The monoisotopic (exact) mass is 498 g/mol. The van der Waals surface area contributed by atoms with Gasteiger partial charge in [0.15, 0.2) is 5.03 Å². The third kappa shape index (κ3) is 5.01. The molecule has 34 heavy (non-hydrogen) atoms. The summed E-state index contributed by atoms with van der Waals surface area (Å²) < 4.78 is 40.7. The fraction of sp³-hybridized carbons (Fsp3) is 0.304. The van der Waals surface area contributed by atoms with Crippen molar-refractivity contribution in [1.29, 1.82) is 0 Å². The number of nitrogens with zero attached hydrogens (tertiary/aromatic N) is 5. The van der Waals surface area contributed by atoms with Crippen LogP contribution in [0.4, 0.5) is 11.5 Å². The molecule has 0 unspecified atom stereocenters. The van der Waals surface area contributed by atoms with E-state index >= 15 is 0 Å². The van der Waals surface area contributed by atoms with Crippen LogP contribution in [0.2, 0.25) is 0 Å². The van der Waals surface area contributed by atoms with Crippen LogP contribution in [0.3, 0.4) is 0 Å². The summed E-state index contributed by atoms with van der Waals surface area (Å²) in [5.74, 6) is 1.80. The van der Waals surface area contributed by atoms with Crippen molar-refractivity contribution in [3.8, 4) is 5.75 Å². The van der Waals surface area contributed by atoms with Crippen LogP contribution in [0.25, 0.3) is 10.1 Å². The highest BCUT2D eigenvalue weighted by Crippen LogP contribution is 2.29. The van der Waals surface area contributed by atoms with Crippen LogP contribution >= 0.6 is 11.5 Å². The Morgan fingerprint density at radius 1 is 1.06 bits per heavy atom. The first-order valence-corrected chi connectivity index (χ1v) is 13.3. The predicted octanol–water partition coefficient (Wildman–Crippen LogP) is 3.03. The van der Waals surface area contributed by atoms with Crippen molar-refractivity contribution >= 4 is 43.1 Å². The fourth-order valence-electron chi connectivity index (χ4n) is 3.93. The second-order valence-corrected chi connectivity index (χ2v) is 10.6. The molecule has 2 aromatic heterocycles. The van der Waals surface area contributed by atoms with E-state index in [0.29, 0.717) is 18.0 Å². The molecule has 0 saturated carbocycles. The summed E-state index contributed by atoms with van der Waals surface area (Å²) in [6.45, 7) is 5.21. The number of sulfonamides is 1. The van der Waals surface area contributed by atoms with E-state index in [2.05, 4.69) is 48.1 Å². The van der Waals surface area contributed by atoms with Crippen LogP contribution in [-0.2, 0) is 17.1 Å². The molecule has 1 N–H and O–H groups in total. The molecule has 0 radical (unpaired) electrons. The molecule has 5 rings (SSSR count). The minimum Gasteiger partial charge on any atom is -0.492 e. The molecule has 1 aliphatic heterocycles. The molecule has 4 aromatic rings. The van der Waals surface area contributed by atoms with E-state index in [-0.39, 0.29) is 5.03 Å². The largest absolute Gasteiger partial charge is 0.492 e. The van der Waals surface area contributed by atoms with Crippen molar-refractivity contribution < 1.29 is 13.2 Å². The molecule has 9 nitrogen and oxygen atoms in total. The Bertz CT molecular complexity index is 1360. The van der Waals surface area contributed by atoms with E-state index in [1.165, 1.54) is 22.6 Å². The fourth-order valence-corrected chi connectivity index (χ4v) is 5.77. The van der Waals surface area contributed by atoms with Gasteiger partial charge in [-0.15, -0.1) is 0 Å². The molecule has 0 bridgehead atoms. The zero-order valence-corrected chi connectivity index (χ0v) is 20.4. The number of benzene rings is 2. The Labute approximate surface area is 202 Å². The molecular formula is C23H26N6O3S2. The van der Waals surface area contributed by atoms with Crippen LogP contribution in [0.15, 0.2) is 66.1 Å². The minimum atomic E-state index is -3.71. The summed E-state index contributed by atoms with van der Waals surface area (Å²) >= 11 is 1.56. The predicted molar refractivity (Wildman–Crippen MR) is 134 cm³/mol. The van der Waals surface area contributed by atoms with Crippen molar-refractivity contribution in [2.45, 2.75) is 5.03 Å². The van der Waals surface area contributed by atoms with E-state index in [4.69, 9.17) is 4.74 Å². The van der Waals surface area contributed by atoms with Gasteiger partial charge in [-0.3, -0.25) is 9.62 Å². The number of hydrogen-bond acceptors (Lipinski definition) is 8. The van der Waals surface area contributed by atoms with E-state index < -0.39 is 10.0 Å². The zero-order valence-electron chi connectivity index (χ0n) is 18.8. The quantitative estimate of drug-likeness (QED) is 0.399. The lowest BCUT2D eigenvalue weighted by Gasteiger charge is -2.34. The van der Waals surface area contributed by atoms with Gasteiger partial charge in [-0.2, -0.15) is 12.8 Å². The van der Waals surface area contributed by atoms with Gasteiger partial charge in [0.1, 0.15) is 18.2 Å². The summed E-state index contributed by atoms with van der Waals surface area (Å²) in [7, 11) is -1.98. The van der Waals surface area contributed by atoms with Gasteiger partial charge in [0, 0.05) is 57.0 Å². The SMILES string of the molecule is Cn1cnc(S(=O)(=O)Nc2ccc(OCCN3CCN(c4nsc5ccccc45)CC3)cc2)c1. The molecule has 2 aromatic carbocycles. The van der Waals surface area contributed by atoms with Gasteiger partial charge in [-0.1, -0.05) is 12.1 Å². The molecule has 11 heteroatoms. The normalized spacial score (nSPS) is 15.0. The zero-order chi connectivity index (χ0) is 23.5. The second-order valence-electron chi connectivity index (χ2n) is 8.19. The van der Waals surface area contributed by atoms with Crippen LogP contribution in [0.1, 0.15) is 0 Å². The number of aryl methyl sites for hydroxylation is 1. The number of anilines is 2. The van der Waals surface area contributed by atoms with Crippen molar-refractivity contribution in [2.24, 2.45) is 7.05 Å². The lowest BCUT2D eigenvalue weighted by molar-refractivity contribution is 0.200. The van der Waals surface area contributed by atoms with Crippen LogP contribution in [0, 0.1) is 0 Å².